The van der Waals surface area contributed by atoms with Crippen LogP contribution < -0.4 is 10.6 Å². The molecule has 1 atom stereocenters. The van der Waals surface area contributed by atoms with Gasteiger partial charge in [-0.25, -0.2) is 0 Å². The smallest absolute Gasteiger partial charge is 0.235 e. The van der Waals surface area contributed by atoms with E-state index in [1.165, 1.54) is 11.8 Å². The summed E-state index contributed by atoms with van der Waals surface area (Å²) in [5.41, 5.74) is 0. The fraction of sp³-hybridized carbons (Fsp3) is 0.571. The van der Waals surface area contributed by atoms with Crippen LogP contribution >= 0.6 is 11.8 Å². The normalized spacial score (nSPS) is 11.8. The van der Waals surface area contributed by atoms with Crippen LogP contribution in [0.2, 0.25) is 0 Å². The molecular weight excluding hydrogens is 304 g/mol. The number of carbonyl (C=O) groups excluding carboxylic acids is 2. The number of hydrogen-bond donors (Lipinski definition) is 2. The number of rotatable bonds is 8. The van der Waals surface area contributed by atoms with Crippen LogP contribution in [0.5, 0.6) is 0 Å². The van der Waals surface area contributed by atoms with Gasteiger partial charge in [-0.1, -0.05) is 19.0 Å². The third-order valence-corrected chi connectivity index (χ3v) is 3.49. The summed E-state index contributed by atoms with van der Waals surface area (Å²) in [7, 11) is 0. The lowest BCUT2D eigenvalue weighted by Crippen LogP contribution is -2.36. The van der Waals surface area contributed by atoms with E-state index in [1.54, 1.807) is 13.0 Å². The summed E-state index contributed by atoms with van der Waals surface area (Å²) in [6.07, 6.45) is 0.610. The molecular formula is C14H20N4O3S. The number of amides is 2. The van der Waals surface area contributed by atoms with Crippen molar-refractivity contribution in [3.8, 4) is 6.07 Å². The fourth-order valence-corrected chi connectivity index (χ4v) is 2.32. The number of carbonyl (C=O) groups is 2. The van der Waals surface area contributed by atoms with Gasteiger partial charge in [0.1, 0.15) is 11.8 Å². The zero-order valence-electron chi connectivity index (χ0n) is 12.9. The number of nitrogens with zero attached hydrogens (tertiary/aromatic N) is 2. The van der Waals surface area contributed by atoms with Crippen molar-refractivity contribution >= 4 is 29.4 Å². The second kappa shape index (κ2) is 9.10. The Morgan fingerprint density at radius 1 is 1.41 bits per heavy atom. The Balaban J connectivity index is 2.24. The van der Waals surface area contributed by atoms with Crippen molar-refractivity contribution in [3.05, 3.63) is 11.8 Å². The van der Waals surface area contributed by atoms with E-state index in [4.69, 9.17) is 9.78 Å². The van der Waals surface area contributed by atoms with Crippen LogP contribution in [0.3, 0.4) is 0 Å². The summed E-state index contributed by atoms with van der Waals surface area (Å²) < 4.78 is 4.83. The van der Waals surface area contributed by atoms with E-state index in [0.717, 1.165) is 0 Å². The maximum absolute atomic E-state index is 11.7. The standard InChI is InChI=1S/C14H20N4O3S/c1-9(2)4-11(6-15)16-13(19)7-22-8-14(20)17-12-5-10(3)21-18-12/h5,9,11H,4,7-8H2,1-3H3,(H,16,19)(H,17,18,20)/t11-/m0/s1. The van der Waals surface area contributed by atoms with Crippen molar-refractivity contribution < 1.29 is 14.1 Å². The van der Waals surface area contributed by atoms with Gasteiger partial charge in [0.25, 0.3) is 0 Å². The van der Waals surface area contributed by atoms with E-state index in [9.17, 15) is 9.59 Å². The molecule has 0 fully saturated rings. The number of thioether (sulfide) groups is 1. The Bertz CT molecular complexity index is 551. The van der Waals surface area contributed by atoms with Gasteiger partial charge in [0.2, 0.25) is 11.8 Å². The van der Waals surface area contributed by atoms with Crippen LogP contribution in [0.4, 0.5) is 5.82 Å². The maximum Gasteiger partial charge on any atom is 0.235 e. The first kappa shape index (κ1) is 18.0. The Morgan fingerprint density at radius 3 is 2.64 bits per heavy atom. The van der Waals surface area contributed by atoms with Crippen molar-refractivity contribution in [2.24, 2.45) is 5.92 Å². The molecule has 1 aromatic heterocycles. The second-order valence-electron chi connectivity index (χ2n) is 5.24. The molecule has 8 heteroatoms. The molecule has 0 unspecified atom stereocenters. The molecule has 120 valence electrons. The molecule has 0 aliphatic carbocycles. The minimum atomic E-state index is -0.486. The van der Waals surface area contributed by atoms with E-state index in [0.29, 0.717) is 23.9 Å². The van der Waals surface area contributed by atoms with E-state index < -0.39 is 6.04 Å². The first-order chi connectivity index (χ1) is 10.4. The monoisotopic (exact) mass is 324 g/mol. The molecule has 0 saturated carbocycles. The highest BCUT2D eigenvalue weighted by atomic mass is 32.2. The van der Waals surface area contributed by atoms with E-state index in [2.05, 4.69) is 21.9 Å². The highest BCUT2D eigenvalue weighted by molar-refractivity contribution is 8.00. The van der Waals surface area contributed by atoms with Crippen LogP contribution in [0.25, 0.3) is 0 Å². The number of anilines is 1. The van der Waals surface area contributed by atoms with Gasteiger partial charge in [-0.3, -0.25) is 9.59 Å². The molecule has 0 aromatic carbocycles. The molecule has 0 saturated heterocycles. The minimum Gasteiger partial charge on any atom is -0.360 e. The van der Waals surface area contributed by atoms with Crippen molar-refractivity contribution in [1.82, 2.24) is 10.5 Å². The largest absolute Gasteiger partial charge is 0.360 e. The zero-order valence-corrected chi connectivity index (χ0v) is 13.7. The van der Waals surface area contributed by atoms with E-state index in [1.807, 2.05) is 13.8 Å². The number of aromatic nitrogens is 1. The zero-order chi connectivity index (χ0) is 16.5. The van der Waals surface area contributed by atoms with Gasteiger partial charge < -0.3 is 15.2 Å². The summed E-state index contributed by atoms with van der Waals surface area (Å²) in [6.45, 7) is 5.70. The third-order valence-electron chi connectivity index (χ3n) is 2.56. The molecule has 1 aromatic rings. The number of nitriles is 1. The van der Waals surface area contributed by atoms with Crippen molar-refractivity contribution in [2.75, 3.05) is 16.8 Å². The molecule has 22 heavy (non-hydrogen) atoms. The van der Waals surface area contributed by atoms with Gasteiger partial charge in [-0.2, -0.15) is 5.26 Å². The topological polar surface area (TPSA) is 108 Å². The average molecular weight is 324 g/mol. The van der Waals surface area contributed by atoms with Crippen molar-refractivity contribution in [1.29, 1.82) is 5.26 Å². The van der Waals surface area contributed by atoms with Crippen LogP contribution in [0, 0.1) is 24.2 Å². The fourth-order valence-electron chi connectivity index (χ4n) is 1.69. The Kier molecular flexibility index (Phi) is 7.46. The average Bonchev–Trinajstić information content (AvgIpc) is 2.82. The number of hydrogen-bond acceptors (Lipinski definition) is 6. The molecule has 0 aliphatic heterocycles. The van der Waals surface area contributed by atoms with Gasteiger partial charge in [0.05, 0.1) is 17.6 Å². The van der Waals surface area contributed by atoms with Gasteiger partial charge in [-0.15, -0.1) is 11.8 Å². The summed E-state index contributed by atoms with van der Waals surface area (Å²) in [4.78, 5) is 23.3. The Morgan fingerprint density at radius 2 is 2.09 bits per heavy atom. The van der Waals surface area contributed by atoms with Gasteiger partial charge in [-0.05, 0) is 19.3 Å². The van der Waals surface area contributed by atoms with Crippen molar-refractivity contribution in [2.45, 2.75) is 33.2 Å². The maximum atomic E-state index is 11.7. The van der Waals surface area contributed by atoms with Crippen LogP contribution in [0.1, 0.15) is 26.0 Å². The molecule has 0 radical (unpaired) electrons. The summed E-state index contributed by atoms with van der Waals surface area (Å²) in [5.74, 6) is 1.04. The highest BCUT2D eigenvalue weighted by Crippen LogP contribution is 2.09. The first-order valence-corrected chi connectivity index (χ1v) is 8.06. The Labute approximate surface area is 133 Å². The van der Waals surface area contributed by atoms with Crippen LogP contribution in [-0.2, 0) is 9.59 Å². The molecule has 2 amide bonds. The van der Waals surface area contributed by atoms with Crippen LogP contribution in [-0.4, -0.2) is 34.5 Å². The lowest BCUT2D eigenvalue weighted by Gasteiger charge is -2.13. The third kappa shape index (κ3) is 7.13. The minimum absolute atomic E-state index is 0.126. The molecule has 2 N–H and O–H groups in total. The Hall–Kier alpha value is -2.01. The molecule has 1 heterocycles. The molecule has 1 rings (SSSR count). The van der Waals surface area contributed by atoms with Gasteiger partial charge in [0, 0.05) is 6.07 Å². The highest BCUT2D eigenvalue weighted by Gasteiger charge is 2.14. The lowest BCUT2D eigenvalue weighted by atomic mass is 10.1. The SMILES string of the molecule is Cc1cc(NC(=O)CSCC(=O)N[C@H](C#N)CC(C)C)no1. The summed E-state index contributed by atoms with van der Waals surface area (Å²) in [6, 6.07) is 3.18. The quantitative estimate of drug-likeness (QED) is 0.753. The lowest BCUT2D eigenvalue weighted by molar-refractivity contribution is -0.119. The summed E-state index contributed by atoms with van der Waals surface area (Å²) in [5, 5.41) is 17.8. The predicted molar refractivity (Wildman–Crippen MR) is 84.2 cm³/mol. The first-order valence-electron chi connectivity index (χ1n) is 6.90. The molecule has 0 bridgehead atoms. The number of aryl methyl sites for hydroxylation is 1. The molecule has 0 aliphatic rings. The predicted octanol–water partition coefficient (Wildman–Crippen LogP) is 1.71. The molecule has 0 spiro atoms. The van der Waals surface area contributed by atoms with Crippen molar-refractivity contribution in [3.63, 3.8) is 0 Å². The second-order valence-corrected chi connectivity index (χ2v) is 6.23. The van der Waals surface area contributed by atoms with Gasteiger partial charge >= 0.3 is 0 Å². The summed E-state index contributed by atoms with van der Waals surface area (Å²) >= 11 is 1.17. The van der Waals surface area contributed by atoms with E-state index >= 15 is 0 Å². The molecule has 7 nitrogen and oxygen atoms in total. The van der Waals surface area contributed by atoms with Gasteiger partial charge in [0.15, 0.2) is 5.82 Å². The van der Waals surface area contributed by atoms with E-state index in [-0.39, 0.29) is 23.3 Å². The van der Waals surface area contributed by atoms with Crippen LogP contribution in [0.15, 0.2) is 10.6 Å². The number of nitrogens with one attached hydrogen (secondary N) is 2.